The SMILES string of the molecule is CN(CCF)CCNCc1ccccc1C(F)(F)F. The molecule has 0 aliphatic carbocycles. The molecule has 0 radical (unpaired) electrons. The highest BCUT2D eigenvalue weighted by molar-refractivity contribution is 5.29. The summed E-state index contributed by atoms with van der Waals surface area (Å²) in [6.07, 6.45) is -4.33. The first-order valence-corrected chi connectivity index (χ1v) is 6.05. The van der Waals surface area contributed by atoms with Gasteiger partial charge in [0.25, 0.3) is 0 Å². The summed E-state index contributed by atoms with van der Waals surface area (Å²) < 4.78 is 50.1. The number of likely N-dealkylation sites (N-methyl/N-ethyl adjacent to an activating group) is 1. The Morgan fingerprint density at radius 3 is 2.47 bits per heavy atom. The summed E-state index contributed by atoms with van der Waals surface area (Å²) in [5.74, 6) is 0. The lowest BCUT2D eigenvalue weighted by molar-refractivity contribution is -0.138. The highest BCUT2D eigenvalue weighted by Gasteiger charge is 2.32. The van der Waals surface area contributed by atoms with Gasteiger partial charge in [-0.25, -0.2) is 4.39 Å². The first kappa shape index (κ1) is 15.9. The van der Waals surface area contributed by atoms with Crippen molar-refractivity contribution < 1.29 is 17.6 Å². The normalized spacial score (nSPS) is 12.1. The second-order valence-corrected chi connectivity index (χ2v) is 4.32. The van der Waals surface area contributed by atoms with E-state index in [9.17, 15) is 17.6 Å². The molecule has 1 N–H and O–H groups in total. The van der Waals surface area contributed by atoms with E-state index < -0.39 is 18.4 Å². The fraction of sp³-hybridized carbons (Fsp3) is 0.538. The van der Waals surface area contributed by atoms with Crippen LogP contribution in [-0.4, -0.2) is 38.3 Å². The van der Waals surface area contributed by atoms with Gasteiger partial charge in [0.2, 0.25) is 0 Å². The molecule has 6 heteroatoms. The van der Waals surface area contributed by atoms with Crippen LogP contribution < -0.4 is 5.32 Å². The number of alkyl halides is 4. The second-order valence-electron chi connectivity index (χ2n) is 4.32. The Bertz CT molecular complexity index is 379. The fourth-order valence-electron chi connectivity index (χ4n) is 1.70. The van der Waals surface area contributed by atoms with E-state index >= 15 is 0 Å². The van der Waals surface area contributed by atoms with Crippen LogP contribution in [0.1, 0.15) is 11.1 Å². The average molecular weight is 278 g/mol. The molecule has 19 heavy (non-hydrogen) atoms. The molecule has 108 valence electrons. The third-order valence-corrected chi connectivity index (χ3v) is 2.77. The van der Waals surface area contributed by atoms with Crippen molar-refractivity contribution in [1.29, 1.82) is 0 Å². The number of halogens is 4. The van der Waals surface area contributed by atoms with Crippen LogP contribution in [0.3, 0.4) is 0 Å². The smallest absolute Gasteiger partial charge is 0.311 e. The zero-order valence-electron chi connectivity index (χ0n) is 10.8. The molecule has 0 unspecified atom stereocenters. The highest BCUT2D eigenvalue weighted by atomic mass is 19.4. The predicted octanol–water partition coefficient (Wildman–Crippen LogP) is 2.70. The molecule has 0 aliphatic rings. The van der Waals surface area contributed by atoms with Crippen molar-refractivity contribution in [3.8, 4) is 0 Å². The van der Waals surface area contributed by atoms with Crippen LogP contribution in [-0.2, 0) is 12.7 Å². The van der Waals surface area contributed by atoms with Crippen molar-refractivity contribution in [2.45, 2.75) is 12.7 Å². The van der Waals surface area contributed by atoms with Crippen molar-refractivity contribution in [1.82, 2.24) is 10.2 Å². The monoisotopic (exact) mass is 278 g/mol. The molecule has 1 aromatic carbocycles. The van der Waals surface area contributed by atoms with E-state index in [0.29, 0.717) is 19.6 Å². The first-order valence-electron chi connectivity index (χ1n) is 6.05. The Morgan fingerprint density at radius 1 is 1.16 bits per heavy atom. The Kier molecular flexibility index (Phi) is 6.24. The van der Waals surface area contributed by atoms with Crippen LogP contribution in [0.15, 0.2) is 24.3 Å². The number of hydrogen-bond acceptors (Lipinski definition) is 2. The number of hydrogen-bond donors (Lipinski definition) is 1. The molecule has 0 atom stereocenters. The zero-order chi connectivity index (χ0) is 14.3. The molecule has 0 spiro atoms. The molecule has 0 saturated carbocycles. The molecule has 1 rings (SSSR count). The lowest BCUT2D eigenvalue weighted by atomic mass is 10.1. The fourth-order valence-corrected chi connectivity index (χ4v) is 1.70. The first-order chi connectivity index (χ1) is 8.95. The third-order valence-electron chi connectivity index (χ3n) is 2.77. The average Bonchev–Trinajstić information content (AvgIpc) is 2.34. The van der Waals surface area contributed by atoms with Crippen LogP contribution in [0.4, 0.5) is 17.6 Å². The van der Waals surface area contributed by atoms with Gasteiger partial charge < -0.3 is 10.2 Å². The number of nitrogens with one attached hydrogen (secondary N) is 1. The number of benzene rings is 1. The van der Waals surface area contributed by atoms with E-state index in [4.69, 9.17) is 0 Å². The summed E-state index contributed by atoms with van der Waals surface area (Å²) in [6.45, 7) is 1.17. The van der Waals surface area contributed by atoms with Gasteiger partial charge in [-0.05, 0) is 18.7 Å². The summed E-state index contributed by atoms with van der Waals surface area (Å²) in [5.41, 5.74) is -0.386. The van der Waals surface area contributed by atoms with Crippen molar-refractivity contribution in [2.75, 3.05) is 33.4 Å². The molecule has 0 aliphatic heterocycles. The Labute approximate surface area is 110 Å². The van der Waals surface area contributed by atoms with Gasteiger partial charge in [0.15, 0.2) is 0 Å². The van der Waals surface area contributed by atoms with E-state index in [1.165, 1.54) is 12.1 Å². The van der Waals surface area contributed by atoms with Gasteiger partial charge in [0, 0.05) is 26.2 Å². The van der Waals surface area contributed by atoms with Crippen molar-refractivity contribution >= 4 is 0 Å². The van der Waals surface area contributed by atoms with Crippen molar-refractivity contribution in [3.63, 3.8) is 0 Å². The largest absolute Gasteiger partial charge is 0.416 e. The van der Waals surface area contributed by atoms with E-state index in [0.717, 1.165) is 6.07 Å². The molecule has 1 aromatic rings. The summed E-state index contributed by atoms with van der Waals surface area (Å²) in [4.78, 5) is 1.78. The molecule has 0 aromatic heterocycles. The predicted molar refractivity (Wildman–Crippen MR) is 66.6 cm³/mol. The number of nitrogens with zero attached hydrogens (tertiary/aromatic N) is 1. The summed E-state index contributed by atoms with van der Waals surface area (Å²) in [7, 11) is 1.77. The summed E-state index contributed by atoms with van der Waals surface area (Å²) in [6, 6.07) is 5.50. The minimum Gasteiger partial charge on any atom is -0.311 e. The maximum atomic E-state index is 12.7. The lowest BCUT2D eigenvalue weighted by Crippen LogP contribution is -2.30. The Balaban J connectivity index is 2.46. The standard InChI is InChI=1S/C13H18F4N2/c1-19(8-6-14)9-7-18-10-11-4-2-3-5-12(11)13(15,16)17/h2-5,18H,6-10H2,1H3. The maximum absolute atomic E-state index is 12.7. The second kappa shape index (κ2) is 7.45. The Hall–Kier alpha value is -1.14. The minimum atomic E-state index is -4.33. The molecule has 0 bridgehead atoms. The van der Waals surface area contributed by atoms with Crippen molar-refractivity contribution in [2.24, 2.45) is 0 Å². The molecule has 0 amide bonds. The van der Waals surface area contributed by atoms with Crippen LogP contribution in [0.5, 0.6) is 0 Å². The molecule has 2 nitrogen and oxygen atoms in total. The van der Waals surface area contributed by atoms with Crippen LogP contribution in [0.25, 0.3) is 0 Å². The van der Waals surface area contributed by atoms with Gasteiger partial charge in [-0.1, -0.05) is 18.2 Å². The van der Waals surface area contributed by atoms with Crippen LogP contribution >= 0.6 is 0 Å². The minimum absolute atomic E-state index is 0.152. The van der Waals surface area contributed by atoms with Gasteiger partial charge in [0.1, 0.15) is 6.67 Å². The molecule has 0 fully saturated rings. The van der Waals surface area contributed by atoms with E-state index in [-0.39, 0.29) is 12.1 Å². The van der Waals surface area contributed by atoms with Crippen LogP contribution in [0, 0.1) is 0 Å². The van der Waals surface area contributed by atoms with Gasteiger partial charge in [0.05, 0.1) is 5.56 Å². The van der Waals surface area contributed by atoms with Crippen LogP contribution in [0.2, 0.25) is 0 Å². The molecule has 0 heterocycles. The van der Waals surface area contributed by atoms with E-state index in [2.05, 4.69) is 5.32 Å². The highest BCUT2D eigenvalue weighted by Crippen LogP contribution is 2.31. The van der Waals surface area contributed by atoms with E-state index in [1.807, 2.05) is 0 Å². The van der Waals surface area contributed by atoms with E-state index in [1.54, 1.807) is 18.0 Å². The maximum Gasteiger partial charge on any atom is 0.416 e. The van der Waals surface area contributed by atoms with Crippen molar-refractivity contribution in [3.05, 3.63) is 35.4 Å². The topological polar surface area (TPSA) is 15.3 Å². The van der Waals surface area contributed by atoms with Gasteiger partial charge in [-0.15, -0.1) is 0 Å². The van der Waals surface area contributed by atoms with Gasteiger partial charge in [-0.2, -0.15) is 13.2 Å². The summed E-state index contributed by atoms with van der Waals surface area (Å²) in [5, 5.41) is 2.94. The van der Waals surface area contributed by atoms with Gasteiger partial charge >= 0.3 is 6.18 Å². The molecular weight excluding hydrogens is 260 g/mol. The number of rotatable bonds is 7. The lowest BCUT2D eigenvalue weighted by Gasteiger charge is -2.16. The van der Waals surface area contributed by atoms with Gasteiger partial charge in [-0.3, -0.25) is 0 Å². The molecular formula is C13H18F4N2. The quantitative estimate of drug-likeness (QED) is 0.609. The third kappa shape index (κ3) is 5.57. The zero-order valence-corrected chi connectivity index (χ0v) is 10.8. The Morgan fingerprint density at radius 2 is 1.84 bits per heavy atom. The molecule has 0 saturated heterocycles. The summed E-state index contributed by atoms with van der Waals surface area (Å²) >= 11 is 0.